The van der Waals surface area contributed by atoms with Gasteiger partial charge >= 0.3 is 0 Å². The summed E-state index contributed by atoms with van der Waals surface area (Å²) in [6.45, 7) is 2.12. The number of Topliss-reactive ketones (excluding diaryl/α,β-unsaturated/α-hetero) is 1. The lowest BCUT2D eigenvalue weighted by Crippen LogP contribution is -2.41. The number of hydrogen-bond donors (Lipinski definition) is 1. The van der Waals surface area contributed by atoms with E-state index in [4.69, 9.17) is 9.47 Å². The number of rotatable bonds is 7. The smallest absolute Gasteiger partial charge is 0.264 e. The van der Waals surface area contributed by atoms with Crippen LogP contribution in [0.4, 0.5) is 5.69 Å². The van der Waals surface area contributed by atoms with Crippen molar-refractivity contribution in [3.63, 3.8) is 0 Å². The summed E-state index contributed by atoms with van der Waals surface area (Å²) in [5.74, 6) is 0.340. The molecule has 2 heterocycles. The topological polar surface area (TPSA) is 76.1 Å². The molecule has 1 unspecified atom stereocenters. The minimum Gasteiger partial charge on any atom is -0.493 e. The molecule has 0 radical (unpaired) electrons. The molecule has 166 valence electrons. The number of thiophene rings is 1. The fourth-order valence-corrected chi connectivity index (χ4v) is 5.08. The van der Waals surface area contributed by atoms with Crippen LogP contribution in [-0.4, -0.2) is 31.0 Å². The molecule has 32 heavy (non-hydrogen) atoms. The van der Waals surface area contributed by atoms with Gasteiger partial charge in [-0.3, -0.25) is 9.59 Å². The maximum Gasteiger partial charge on any atom is 0.264 e. The standard InChI is InChI=1S/C24H22BrNO5S/c1-14-4-9-22(32-14)19(27)12-24(29)17-11-16(25)6-7-18(17)26(23(24)28)13-15-5-8-20(30-2)21(10-15)31-3/h4-11,29H,12-13H2,1-3H3. The van der Waals surface area contributed by atoms with Crippen molar-refractivity contribution in [2.24, 2.45) is 0 Å². The number of fused-ring (bicyclic) bond motifs is 1. The number of hydrogen-bond acceptors (Lipinski definition) is 6. The molecule has 1 aromatic heterocycles. The van der Waals surface area contributed by atoms with Crippen molar-refractivity contribution in [3.8, 4) is 11.5 Å². The second-order valence-electron chi connectivity index (χ2n) is 7.61. The molecule has 3 aromatic rings. The van der Waals surface area contributed by atoms with Gasteiger partial charge in [-0.05, 0) is 55.0 Å². The molecule has 0 bridgehead atoms. The summed E-state index contributed by atoms with van der Waals surface area (Å²) in [6, 6.07) is 14.3. The Hall–Kier alpha value is -2.68. The molecule has 0 saturated carbocycles. The third-order valence-electron chi connectivity index (χ3n) is 5.51. The highest BCUT2D eigenvalue weighted by atomic mass is 79.9. The van der Waals surface area contributed by atoms with Gasteiger partial charge in [0.1, 0.15) is 0 Å². The van der Waals surface area contributed by atoms with E-state index in [-0.39, 0.29) is 18.7 Å². The molecule has 0 spiro atoms. The molecule has 1 aliphatic rings. The number of amides is 1. The van der Waals surface area contributed by atoms with Crippen molar-refractivity contribution in [3.05, 3.63) is 73.9 Å². The number of aryl methyl sites for hydroxylation is 1. The molecule has 0 fully saturated rings. The zero-order valence-corrected chi connectivity index (χ0v) is 20.2. The number of carbonyl (C=O) groups excluding carboxylic acids is 2. The average Bonchev–Trinajstić information content (AvgIpc) is 3.30. The Balaban J connectivity index is 1.70. The Morgan fingerprint density at radius 3 is 2.50 bits per heavy atom. The minimum absolute atomic E-state index is 0.211. The summed E-state index contributed by atoms with van der Waals surface area (Å²) in [5.41, 5.74) is -0.149. The molecule has 8 heteroatoms. The van der Waals surface area contributed by atoms with Crippen molar-refractivity contribution in [2.45, 2.75) is 25.5 Å². The number of ketones is 1. The summed E-state index contributed by atoms with van der Waals surface area (Å²) >= 11 is 4.77. The number of carbonyl (C=O) groups is 2. The molecule has 1 atom stereocenters. The molecule has 2 aromatic carbocycles. The van der Waals surface area contributed by atoms with E-state index in [0.717, 1.165) is 14.9 Å². The van der Waals surface area contributed by atoms with Gasteiger partial charge in [-0.2, -0.15) is 0 Å². The van der Waals surface area contributed by atoms with Gasteiger partial charge in [0.2, 0.25) is 0 Å². The number of halogens is 1. The van der Waals surface area contributed by atoms with Crippen molar-refractivity contribution < 1.29 is 24.2 Å². The lowest BCUT2D eigenvalue weighted by atomic mass is 9.89. The van der Waals surface area contributed by atoms with E-state index in [0.29, 0.717) is 27.6 Å². The van der Waals surface area contributed by atoms with Crippen molar-refractivity contribution in [2.75, 3.05) is 19.1 Å². The Morgan fingerprint density at radius 2 is 1.84 bits per heavy atom. The molecule has 1 N–H and O–H groups in total. The Morgan fingerprint density at radius 1 is 1.09 bits per heavy atom. The molecule has 4 rings (SSSR count). The van der Waals surface area contributed by atoms with E-state index in [2.05, 4.69) is 15.9 Å². The normalized spacial score (nSPS) is 17.4. The Bertz CT molecular complexity index is 1210. The van der Waals surface area contributed by atoms with Crippen molar-refractivity contribution >= 4 is 44.6 Å². The summed E-state index contributed by atoms with van der Waals surface area (Å²) in [6.07, 6.45) is -0.322. The fraction of sp³-hybridized carbons (Fsp3) is 0.250. The number of aliphatic hydroxyl groups is 1. The summed E-state index contributed by atoms with van der Waals surface area (Å²) in [7, 11) is 3.11. The van der Waals surface area contributed by atoms with Crippen molar-refractivity contribution in [1.29, 1.82) is 0 Å². The number of ether oxygens (including phenoxy) is 2. The summed E-state index contributed by atoms with van der Waals surface area (Å²) in [4.78, 5) is 29.5. The molecular weight excluding hydrogens is 494 g/mol. The van der Waals surface area contributed by atoms with Gasteiger partial charge in [0.05, 0.1) is 37.7 Å². The van der Waals surface area contributed by atoms with Crippen LogP contribution in [0.5, 0.6) is 11.5 Å². The van der Waals surface area contributed by atoms with Gasteiger partial charge in [-0.25, -0.2) is 0 Å². The number of nitrogens with zero attached hydrogens (tertiary/aromatic N) is 1. The van der Waals surface area contributed by atoms with Crippen LogP contribution in [0.2, 0.25) is 0 Å². The van der Waals surface area contributed by atoms with Crippen LogP contribution in [0.1, 0.15) is 32.1 Å². The van der Waals surface area contributed by atoms with Crippen LogP contribution < -0.4 is 14.4 Å². The van der Waals surface area contributed by atoms with E-state index < -0.39 is 11.5 Å². The van der Waals surface area contributed by atoms with Crippen LogP contribution in [0.3, 0.4) is 0 Å². The zero-order chi connectivity index (χ0) is 23.0. The third-order valence-corrected chi connectivity index (χ3v) is 7.05. The van der Waals surface area contributed by atoms with Crippen molar-refractivity contribution in [1.82, 2.24) is 0 Å². The quantitative estimate of drug-likeness (QED) is 0.455. The number of benzene rings is 2. The first-order chi connectivity index (χ1) is 15.3. The average molecular weight is 516 g/mol. The SMILES string of the molecule is COc1ccc(CN2C(=O)C(O)(CC(=O)c3ccc(C)s3)c3cc(Br)ccc32)cc1OC. The van der Waals surface area contributed by atoms with E-state index in [1.807, 2.05) is 25.1 Å². The predicted octanol–water partition coefficient (Wildman–Crippen LogP) is 4.84. The minimum atomic E-state index is -1.94. The van der Waals surface area contributed by atoms with E-state index in [1.54, 1.807) is 44.6 Å². The number of methoxy groups -OCH3 is 2. The first-order valence-electron chi connectivity index (χ1n) is 9.91. The summed E-state index contributed by atoms with van der Waals surface area (Å²) in [5, 5.41) is 11.5. The second-order valence-corrected chi connectivity index (χ2v) is 9.82. The van der Waals surface area contributed by atoms with Gasteiger partial charge in [-0.1, -0.05) is 22.0 Å². The highest BCUT2D eigenvalue weighted by Crippen LogP contribution is 2.45. The van der Waals surface area contributed by atoms with Gasteiger partial charge in [0.25, 0.3) is 5.91 Å². The van der Waals surface area contributed by atoms with Gasteiger partial charge < -0.3 is 19.5 Å². The second kappa shape index (κ2) is 8.69. The fourth-order valence-electron chi connectivity index (χ4n) is 3.92. The molecule has 0 aliphatic carbocycles. The third kappa shape index (κ3) is 3.94. The maximum atomic E-state index is 13.5. The molecule has 1 aliphatic heterocycles. The van der Waals surface area contributed by atoms with Crippen LogP contribution in [0, 0.1) is 6.92 Å². The van der Waals surface area contributed by atoms with E-state index in [9.17, 15) is 14.7 Å². The highest BCUT2D eigenvalue weighted by molar-refractivity contribution is 9.10. The molecular formula is C24H22BrNO5S. The monoisotopic (exact) mass is 515 g/mol. The van der Waals surface area contributed by atoms with Crippen LogP contribution in [0.25, 0.3) is 0 Å². The largest absolute Gasteiger partial charge is 0.493 e. The van der Waals surface area contributed by atoms with Gasteiger partial charge in [-0.15, -0.1) is 11.3 Å². The first-order valence-corrected chi connectivity index (χ1v) is 11.5. The lowest BCUT2D eigenvalue weighted by molar-refractivity contribution is -0.136. The number of anilines is 1. The lowest BCUT2D eigenvalue weighted by Gasteiger charge is -2.23. The zero-order valence-electron chi connectivity index (χ0n) is 17.8. The van der Waals surface area contributed by atoms with E-state index >= 15 is 0 Å². The van der Waals surface area contributed by atoms with Crippen LogP contribution in [0.15, 0.2) is 53.0 Å². The van der Waals surface area contributed by atoms with Gasteiger partial charge in [0.15, 0.2) is 22.9 Å². The van der Waals surface area contributed by atoms with Gasteiger partial charge in [0, 0.05) is 14.9 Å². The van der Waals surface area contributed by atoms with Crippen LogP contribution >= 0.6 is 27.3 Å². The Labute approximate surface area is 198 Å². The first kappa shape index (κ1) is 22.5. The molecule has 1 amide bonds. The summed E-state index contributed by atoms with van der Waals surface area (Å²) < 4.78 is 11.4. The maximum absolute atomic E-state index is 13.5. The molecule has 0 saturated heterocycles. The predicted molar refractivity (Wildman–Crippen MR) is 127 cm³/mol. The van der Waals surface area contributed by atoms with E-state index in [1.165, 1.54) is 16.2 Å². The van der Waals surface area contributed by atoms with Crippen LogP contribution in [-0.2, 0) is 16.9 Å². The Kier molecular flexibility index (Phi) is 6.11. The highest BCUT2D eigenvalue weighted by Gasteiger charge is 2.51. The molecule has 6 nitrogen and oxygen atoms in total.